The maximum Gasteiger partial charge on any atom is 0.272 e. The topological polar surface area (TPSA) is 76.6 Å². The Hall–Kier alpha value is -2.51. The highest BCUT2D eigenvalue weighted by molar-refractivity contribution is 5.92. The van der Waals surface area contributed by atoms with Crippen molar-refractivity contribution in [1.82, 2.24) is 14.9 Å². The molecule has 29 heavy (non-hydrogen) atoms. The molecular weight excluding hydrogens is 368 g/mol. The number of carbonyl (C=O) groups excluding carboxylic acids is 1. The van der Waals surface area contributed by atoms with Crippen LogP contribution in [0.25, 0.3) is 0 Å². The van der Waals surface area contributed by atoms with Crippen LogP contribution in [-0.2, 0) is 15.9 Å². The number of nitrogens with zero attached hydrogens (tertiary/aromatic N) is 3. The molecule has 0 unspecified atom stereocenters. The van der Waals surface area contributed by atoms with Gasteiger partial charge in [0.2, 0.25) is 5.95 Å². The van der Waals surface area contributed by atoms with E-state index < -0.39 is 5.79 Å². The Morgan fingerprint density at radius 1 is 1.14 bits per heavy atom. The third-order valence-corrected chi connectivity index (χ3v) is 5.47. The van der Waals surface area contributed by atoms with Gasteiger partial charge in [0.15, 0.2) is 5.79 Å². The number of anilines is 1. The number of ether oxygens (including phenoxy) is 2. The molecule has 2 aliphatic rings. The van der Waals surface area contributed by atoms with Gasteiger partial charge in [0, 0.05) is 38.2 Å². The summed E-state index contributed by atoms with van der Waals surface area (Å²) in [7, 11) is 0. The predicted molar refractivity (Wildman–Crippen MR) is 110 cm³/mol. The Kier molecular flexibility index (Phi) is 6.06. The number of likely N-dealkylation sites (tertiary alicyclic amines) is 1. The zero-order valence-electron chi connectivity index (χ0n) is 16.9. The summed E-state index contributed by atoms with van der Waals surface area (Å²) in [5.41, 5.74) is 2.53. The fraction of sp³-hybridized carbons (Fsp3) is 0.500. The van der Waals surface area contributed by atoms with Gasteiger partial charge in [-0.15, -0.1) is 0 Å². The normalized spacial score (nSPS) is 18.2. The Labute approximate surface area is 171 Å². The van der Waals surface area contributed by atoms with E-state index in [0.29, 0.717) is 50.8 Å². The van der Waals surface area contributed by atoms with Gasteiger partial charge < -0.3 is 19.7 Å². The minimum Gasteiger partial charge on any atom is -0.354 e. The van der Waals surface area contributed by atoms with Gasteiger partial charge in [0.05, 0.1) is 13.2 Å². The van der Waals surface area contributed by atoms with E-state index >= 15 is 0 Å². The van der Waals surface area contributed by atoms with Crippen molar-refractivity contribution in [3.8, 4) is 0 Å². The summed E-state index contributed by atoms with van der Waals surface area (Å²) in [5.74, 6) is -0.0304. The van der Waals surface area contributed by atoms with Crippen molar-refractivity contribution in [2.75, 3.05) is 38.2 Å². The lowest BCUT2D eigenvalue weighted by atomic mass is 10.0. The van der Waals surface area contributed by atoms with Crippen LogP contribution in [0.5, 0.6) is 0 Å². The molecule has 0 saturated carbocycles. The predicted octanol–water partition coefficient (Wildman–Crippen LogP) is 2.81. The molecular formula is C22H28N4O3. The molecule has 2 aromatic rings. The molecule has 7 nitrogen and oxygen atoms in total. The van der Waals surface area contributed by atoms with Crippen LogP contribution in [0.1, 0.15) is 41.0 Å². The molecule has 154 valence electrons. The number of piperidine rings is 1. The summed E-state index contributed by atoms with van der Waals surface area (Å²) in [6, 6.07) is 12.1. The molecule has 2 aliphatic heterocycles. The number of hydrogen-bond donors (Lipinski definition) is 1. The van der Waals surface area contributed by atoms with Crippen LogP contribution in [0.15, 0.2) is 36.4 Å². The number of hydrogen-bond acceptors (Lipinski definition) is 6. The Morgan fingerprint density at radius 3 is 2.59 bits per heavy atom. The maximum absolute atomic E-state index is 12.9. The molecule has 2 saturated heterocycles. The number of aryl methyl sites for hydroxylation is 2. The highest BCUT2D eigenvalue weighted by Crippen LogP contribution is 2.31. The van der Waals surface area contributed by atoms with E-state index in [9.17, 15) is 4.79 Å². The summed E-state index contributed by atoms with van der Waals surface area (Å²) in [6.07, 6.45) is 3.37. The number of nitrogens with one attached hydrogen (secondary N) is 1. The van der Waals surface area contributed by atoms with Crippen LogP contribution >= 0.6 is 0 Å². The SMILES string of the molecule is Cc1cc(C(=O)N2CCC3(CC2)OCCO3)nc(NCCCc2ccccc2)n1. The smallest absolute Gasteiger partial charge is 0.272 e. The Morgan fingerprint density at radius 2 is 1.86 bits per heavy atom. The number of carbonyl (C=O) groups is 1. The fourth-order valence-electron chi connectivity index (χ4n) is 3.89. The van der Waals surface area contributed by atoms with Crippen molar-refractivity contribution < 1.29 is 14.3 Å². The molecule has 4 rings (SSSR count). The van der Waals surface area contributed by atoms with Crippen LogP contribution in [-0.4, -0.2) is 59.4 Å². The fourth-order valence-corrected chi connectivity index (χ4v) is 3.89. The van der Waals surface area contributed by atoms with Crippen molar-refractivity contribution in [3.05, 3.63) is 53.3 Å². The third-order valence-electron chi connectivity index (χ3n) is 5.47. The lowest BCUT2D eigenvalue weighted by Gasteiger charge is -2.37. The highest BCUT2D eigenvalue weighted by Gasteiger charge is 2.41. The molecule has 1 aromatic heterocycles. The van der Waals surface area contributed by atoms with E-state index in [1.807, 2.05) is 17.9 Å². The second kappa shape index (κ2) is 8.88. The number of benzene rings is 1. The molecule has 0 radical (unpaired) electrons. The first kappa shape index (κ1) is 19.8. The first-order valence-corrected chi connectivity index (χ1v) is 10.3. The molecule has 0 aliphatic carbocycles. The standard InChI is InChI=1S/C22H28N4O3/c1-17-16-19(20(27)26-12-9-22(10-13-26)28-14-15-29-22)25-21(24-17)23-11-5-8-18-6-3-2-4-7-18/h2-4,6-7,16H,5,8-15H2,1H3,(H,23,24,25). The zero-order valence-corrected chi connectivity index (χ0v) is 16.9. The van der Waals surface area contributed by atoms with Crippen molar-refractivity contribution >= 4 is 11.9 Å². The lowest BCUT2D eigenvalue weighted by Crippen LogP contribution is -2.47. The molecule has 1 N–H and O–H groups in total. The second-order valence-corrected chi connectivity index (χ2v) is 7.63. The summed E-state index contributed by atoms with van der Waals surface area (Å²) < 4.78 is 11.5. The van der Waals surface area contributed by atoms with Crippen LogP contribution in [0, 0.1) is 6.92 Å². The van der Waals surface area contributed by atoms with Gasteiger partial charge in [0.1, 0.15) is 5.69 Å². The number of aromatic nitrogens is 2. The first-order chi connectivity index (χ1) is 14.1. The van der Waals surface area contributed by atoms with Crippen LogP contribution in [0.2, 0.25) is 0 Å². The zero-order chi connectivity index (χ0) is 20.1. The van der Waals surface area contributed by atoms with E-state index in [-0.39, 0.29) is 5.91 Å². The van der Waals surface area contributed by atoms with Crippen molar-refractivity contribution in [2.24, 2.45) is 0 Å². The molecule has 0 bridgehead atoms. The minimum absolute atomic E-state index is 0.0596. The molecule has 1 aromatic carbocycles. The van der Waals surface area contributed by atoms with Gasteiger partial charge in [-0.25, -0.2) is 9.97 Å². The van der Waals surface area contributed by atoms with Crippen molar-refractivity contribution in [3.63, 3.8) is 0 Å². The molecule has 2 fully saturated rings. The Balaban J connectivity index is 1.32. The highest BCUT2D eigenvalue weighted by atomic mass is 16.7. The summed E-state index contributed by atoms with van der Waals surface area (Å²) in [6.45, 7) is 5.14. The molecule has 1 spiro atoms. The van der Waals surface area contributed by atoms with Crippen molar-refractivity contribution in [1.29, 1.82) is 0 Å². The third kappa shape index (κ3) is 4.92. The van der Waals surface area contributed by atoms with E-state index in [1.54, 1.807) is 6.07 Å². The van der Waals surface area contributed by atoms with Crippen LogP contribution in [0.4, 0.5) is 5.95 Å². The molecule has 7 heteroatoms. The lowest BCUT2D eigenvalue weighted by molar-refractivity contribution is -0.181. The van der Waals surface area contributed by atoms with Gasteiger partial charge in [0.25, 0.3) is 5.91 Å². The van der Waals surface area contributed by atoms with Crippen LogP contribution < -0.4 is 5.32 Å². The van der Waals surface area contributed by atoms with E-state index in [1.165, 1.54) is 5.56 Å². The molecule has 1 amide bonds. The van der Waals surface area contributed by atoms with Crippen LogP contribution in [0.3, 0.4) is 0 Å². The average Bonchev–Trinajstić information content (AvgIpc) is 3.19. The Bertz CT molecular complexity index is 827. The van der Waals surface area contributed by atoms with Gasteiger partial charge in [-0.2, -0.15) is 0 Å². The number of amides is 1. The van der Waals surface area contributed by atoms with E-state index in [2.05, 4.69) is 39.6 Å². The average molecular weight is 396 g/mol. The maximum atomic E-state index is 12.9. The minimum atomic E-state index is -0.482. The van der Waals surface area contributed by atoms with Gasteiger partial charge in [-0.1, -0.05) is 30.3 Å². The quantitative estimate of drug-likeness (QED) is 0.757. The number of rotatable bonds is 6. The van der Waals surface area contributed by atoms with Crippen molar-refractivity contribution in [2.45, 2.75) is 38.4 Å². The monoisotopic (exact) mass is 396 g/mol. The summed E-state index contributed by atoms with van der Waals surface area (Å²) in [5, 5.41) is 3.26. The largest absolute Gasteiger partial charge is 0.354 e. The van der Waals surface area contributed by atoms with E-state index in [4.69, 9.17) is 9.47 Å². The molecule has 3 heterocycles. The van der Waals surface area contributed by atoms with Gasteiger partial charge in [-0.05, 0) is 31.4 Å². The molecule has 0 atom stereocenters. The summed E-state index contributed by atoms with van der Waals surface area (Å²) >= 11 is 0. The van der Waals surface area contributed by atoms with Gasteiger partial charge in [-0.3, -0.25) is 4.79 Å². The van der Waals surface area contributed by atoms with E-state index in [0.717, 1.165) is 25.1 Å². The second-order valence-electron chi connectivity index (χ2n) is 7.63. The summed E-state index contributed by atoms with van der Waals surface area (Å²) in [4.78, 5) is 23.7. The van der Waals surface area contributed by atoms with Gasteiger partial charge >= 0.3 is 0 Å². The first-order valence-electron chi connectivity index (χ1n) is 10.3.